The number of ether oxygens (including phenoxy) is 1. The van der Waals surface area contributed by atoms with Crippen LogP contribution in [-0.2, 0) is 16.8 Å². The van der Waals surface area contributed by atoms with Crippen molar-refractivity contribution in [2.75, 3.05) is 26.2 Å². The van der Waals surface area contributed by atoms with Gasteiger partial charge >= 0.3 is 0 Å². The van der Waals surface area contributed by atoms with E-state index in [0.29, 0.717) is 6.42 Å². The Kier molecular flexibility index (Phi) is 6.96. The van der Waals surface area contributed by atoms with Crippen LogP contribution in [0.1, 0.15) is 45.2 Å². The molecule has 29 heavy (non-hydrogen) atoms. The SMILES string of the molecule is CC[C@@H](Oc1ccc(C(C)(C)C)cc1)C(=O)N1CCN(Cc2ccccc2)CC1. The van der Waals surface area contributed by atoms with Crippen molar-refractivity contribution < 1.29 is 9.53 Å². The topological polar surface area (TPSA) is 32.8 Å². The lowest BCUT2D eigenvalue weighted by Gasteiger charge is -2.36. The molecule has 2 aromatic carbocycles. The number of carbonyl (C=O) groups is 1. The van der Waals surface area contributed by atoms with Gasteiger partial charge < -0.3 is 9.64 Å². The van der Waals surface area contributed by atoms with Crippen LogP contribution in [0.25, 0.3) is 0 Å². The molecule has 4 nitrogen and oxygen atoms in total. The fourth-order valence-corrected chi connectivity index (χ4v) is 3.68. The Morgan fingerprint density at radius 2 is 1.59 bits per heavy atom. The minimum Gasteiger partial charge on any atom is -0.481 e. The number of hydrogen-bond donors (Lipinski definition) is 0. The first-order valence-electron chi connectivity index (χ1n) is 10.7. The van der Waals surface area contributed by atoms with E-state index in [0.717, 1.165) is 38.5 Å². The third kappa shape index (κ3) is 5.83. The second kappa shape index (κ2) is 9.45. The minimum absolute atomic E-state index is 0.103. The zero-order valence-corrected chi connectivity index (χ0v) is 18.2. The van der Waals surface area contributed by atoms with Gasteiger partial charge in [-0.3, -0.25) is 9.69 Å². The van der Waals surface area contributed by atoms with Crippen LogP contribution in [0.2, 0.25) is 0 Å². The Morgan fingerprint density at radius 1 is 0.966 bits per heavy atom. The van der Waals surface area contributed by atoms with Gasteiger partial charge in [-0.15, -0.1) is 0 Å². The summed E-state index contributed by atoms with van der Waals surface area (Å²) in [4.78, 5) is 17.4. The standard InChI is InChI=1S/C25H34N2O2/c1-5-23(29-22-13-11-21(12-14-22)25(2,3)4)24(28)27-17-15-26(16-18-27)19-20-9-7-6-8-10-20/h6-14,23H,5,15-19H2,1-4H3/t23-/m1/s1. The lowest BCUT2D eigenvalue weighted by atomic mass is 9.87. The van der Waals surface area contributed by atoms with Crippen molar-refractivity contribution >= 4 is 5.91 Å². The van der Waals surface area contributed by atoms with E-state index in [1.165, 1.54) is 11.1 Å². The molecule has 0 N–H and O–H groups in total. The molecule has 4 heteroatoms. The average molecular weight is 395 g/mol. The highest BCUT2D eigenvalue weighted by atomic mass is 16.5. The first-order valence-corrected chi connectivity index (χ1v) is 10.7. The molecule has 1 amide bonds. The summed E-state index contributed by atoms with van der Waals surface area (Å²) in [6.45, 7) is 12.8. The van der Waals surface area contributed by atoms with Crippen LogP contribution in [0.3, 0.4) is 0 Å². The zero-order chi connectivity index (χ0) is 20.9. The van der Waals surface area contributed by atoms with Gasteiger partial charge in [-0.2, -0.15) is 0 Å². The van der Waals surface area contributed by atoms with E-state index in [1.54, 1.807) is 0 Å². The Balaban J connectivity index is 1.53. The van der Waals surface area contributed by atoms with Gasteiger partial charge in [0.05, 0.1) is 0 Å². The summed E-state index contributed by atoms with van der Waals surface area (Å²) in [6.07, 6.45) is 0.250. The summed E-state index contributed by atoms with van der Waals surface area (Å²) < 4.78 is 6.06. The number of rotatable bonds is 6. The molecule has 3 rings (SSSR count). The predicted molar refractivity (Wildman–Crippen MR) is 118 cm³/mol. The summed E-state index contributed by atoms with van der Waals surface area (Å²) in [5, 5.41) is 0. The average Bonchev–Trinajstić information content (AvgIpc) is 2.72. The van der Waals surface area contributed by atoms with Gasteiger partial charge in [0, 0.05) is 32.7 Å². The first-order chi connectivity index (χ1) is 13.9. The molecule has 1 aliphatic heterocycles. The van der Waals surface area contributed by atoms with E-state index in [-0.39, 0.29) is 11.3 Å². The van der Waals surface area contributed by atoms with E-state index in [2.05, 4.69) is 62.1 Å². The molecule has 0 aliphatic carbocycles. The number of amides is 1. The summed E-state index contributed by atoms with van der Waals surface area (Å²) in [7, 11) is 0. The van der Waals surface area contributed by atoms with Crippen LogP contribution < -0.4 is 4.74 Å². The predicted octanol–water partition coefficient (Wildman–Crippen LogP) is 4.49. The highest BCUT2D eigenvalue weighted by Gasteiger charge is 2.28. The summed E-state index contributed by atoms with van der Waals surface area (Å²) in [5.74, 6) is 0.868. The first kappa shape index (κ1) is 21.4. The molecular weight excluding hydrogens is 360 g/mol. The molecule has 0 unspecified atom stereocenters. The fraction of sp³-hybridized carbons (Fsp3) is 0.480. The Labute approximate surface area is 175 Å². The molecule has 0 radical (unpaired) electrons. The number of hydrogen-bond acceptors (Lipinski definition) is 3. The molecule has 1 heterocycles. The smallest absolute Gasteiger partial charge is 0.263 e. The number of nitrogens with zero attached hydrogens (tertiary/aromatic N) is 2. The van der Waals surface area contributed by atoms with Gasteiger partial charge in [0.15, 0.2) is 6.10 Å². The fourth-order valence-electron chi connectivity index (χ4n) is 3.68. The lowest BCUT2D eigenvalue weighted by molar-refractivity contribution is -0.140. The minimum atomic E-state index is -0.420. The van der Waals surface area contributed by atoms with Crippen molar-refractivity contribution in [3.8, 4) is 5.75 Å². The number of piperazine rings is 1. The quantitative estimate of drug-likeness (QED) is 0.724. The van der Waals surface area contributed by atoms with E-state index >= 15 is 0 Å². The molecular formula is C25H34N2O2. The van der Waals surface area contributed by atoms with Crippen LogP contribution in [-0.4, -0.2) is 48.0 Å². The third-order valence-corrected chi connectivity index (χ3v) is 5.58. The maximum atomic E-state index is 13.0. The summed E-state index contributed by atoms with van der Waals surface area (Å²) >= 11 is 0. The Bertz CT molecular complexity index is 773. The van der Waals surface area contributed by atoms with Crippen LogP contribution in [0.4, 0.5) is 0 Å². The van der Waals surface area contributed by atoms with Crippen LogP contribution in [0, 0.1) is 0 Å². The second-order valence-electron chi connectivity index (χ2n) is 8.88. The number of carbonyl (C=O) groups excluding carboxylic acids is 1. The monoisotopic (exact) mass is 394 g/mol. The lowest BCUT2D eigenvalue weighted by Crippen LogP contribution is -2.52. The molecule has 0 aromatic heterocycles. The van der Waals surface area contributed by atoms with E-state index in [1.807, 2.05) is 30.0 Å². The van der Waals surface area contributed by atoms with Crippen molar-refractivity contribution in [3.05, 3.63) is 65.7 Å². The largest absolute Gasteiger partial charge is 0.481 e. The second-order valence-corrected chi connectivity index (χ2v) is 8.88. The van der Waals surface area contributed by atoms with Gasteiger partial charge in [-0.05, 0) is 35.1 Å². The third-order valence-electron chi connectivity index (χ3n) is 5.58. The maximum absolute atomic E-state index is 13.0. The van der Waals surface area contributed by atoms with E-state index in [4.69, 9.17) is 4.74 Å². The summed E-state index contributed by atoms with van der Waals surface area (Å²) in [6, 6.07) is 18.7. The molecule has 1 aliphatic rings. The molecule has 0 saturated carbocycles. The van der Waals surface area contributed by atoms with Gasteiger partial charge in [0.2, 0.25) is 0 Å². The number of benzene rings is 2. The van der Waals surface area contributed by atoms with Crippen LogP contribution >= 0.6 is 0 Å². The molecule has 156 valence electrons. The van der Waals surface area contributed by atoms with Crippen LogP contribution in [0.15, 0.2) is 54.6 Å². The molecule has 1 saturated heterocycles. The van der Waals surface area contributed by atoms with E-state index in [9.17, 15) is 4.79 Å². The summed E-state index contributed by atoms with van der Waals surface area (Å²) in [5.41, 5.74) is 2.69. The highest BCUT2D eigenvalue weighted by Crippen LogP contribution is 2.25. The molecule has 0 spiro atoms. The zero-order valence-electron chi connectivity index (χ0n) is 18.2. The molecule has 0 bridgehead atoms. The van der Waals surface area contributed by atoms with Gasteiger partial charge in [0.1, 0.15) is 5.75 Å². The highest BCUT2D eigenvalue weighted by molar-refractivity contribution is 5.81. The van der Waals surface area contributed by atoms with Gasteiger partial charge in [0.25, 0.3) is 5.91 Å². The Morgan fingerprint density at radius 3 is 2.14 bits per heavy atom. The van der Waals surface area contributed by atoms with Crippen molar-refractivity contribution in [2.45, 2.75) is 52.2 Å². The van der Waals surface area contributed by atoms with Crippen molar-refractivity contribution in [1.82, 2.24) is 9.80 Å². The van der Waals surface area contributed by atoms with Gasteiger partial charge in [-0.1, -0.05) is 70.2 Å². The maximum Gasteiger partial charge on any atom is 0.263 e. The Hall–Kier alpha value is -2.33. The molecule has 2 aromatic rings. The van der Waals surface area contributed by atoms with Gasteiger partial charge in [-0.25, -0.2) is 0 Å². The molecule has 1 fully saturated rings. The van der Waals surface area contributed by atoms with Crippen molar-refractivity contribution in [2.24, 2.45) is 0 Å². The molecule has 1 atom stereocenters. The normalized spacial score (nSPS) is 16.5. The van der Waals surface area contributed by atoms with Crippen molar-refractivity contribution in [3.63, 3.8) is 0 Å². The van der Waals surface area contributed by atoms with Crippen LogP contribution in [0.5, 0.6) is 5.75 Å². The van der Waals surface area contributed by atoms with E-state index < -0.39 is 6.10 Å². The van der Waals surface area contributed by atoms with Crippen molar-refractivity contribution in [1.29, 1.82) is 0 Å².